The van der Waals surface area contributed by atoms with Gasteiger partial charge in [-0.15, -0.1) is 0 Å². The van der Waals surface area contributed by atoms with Gasteiger partial charge in [0, 0.05) is 0 Å². The Morgan fingerprint density at radius 3 is 1.43 bits per heavy atom. The van der Waals surface area contributed by atoms with Crippen molar-refractivity contribution in [1.82, 2.24) is 0 Å². The highest BCUT2D eigenvalue weighted by Crippen LogP contribution is 2.67. The van der Waals surface area contributed by atoms with Crippen LogP contribution < -0.4 is 0 Å². The largest absolute Gasteiger partial charge is 0.0836 e. The van der Waals surface area contributed by atoms with E-state index in [1.807, 2.05) is 0 Å². The average molecular weight is 847 g/mol. The molecule has 0 atom stereocenters. The summed E-state index contributed by atoms with van der Waals surface area (Å²) in [5.41, 5.74) is 20.7. The van der Waals surface area contributed by atoms with Crippen LogP contribution in [0, 0.1) is 0 Å². The number of fused-ring (bicyclic) bond motifs is 20. The van der Waals surface area contributed by atoms with Crippen LogP contribution in [0.1, 0.15) is 39.8 Å². The molecule has 12 aromatic carbocycles. The van der Waals surface area contributed by atoms with Crippen LogP contribution in [0.25, 0.3) is 116 Å². The van der Waals surface area contributed by atoms with Crippen molar-refractivity contribution in [1.29, 1.82) is 0 Å². The fraction of sp³-hybridized carbons (Fsp3) is 0.0448. The Labute approximate surface area is 389 Å². The summed E-state index contributed by atoms with van der Waals surface area (Å²) >= 11 is 0. The summed E-state index contributed by atoms with van der Waals surface area (Å²) in [5.74, 6) is 0. The maximum absolute atomic E-state index is 2.57. The third-order valence-electron chi connectivity index (χ3n) is 15.7. The first-order valence-electron chi connectivity index (χ1n) is 23.8. The number of allylic oxidation sites excluding steroid dienone is 1. The molecule has 0 heteroatoms. The van der Waals surface area contributed by atoms with Crippen molar-refractivity contribution in [2.45, 2.75) is 18.3 Å². The standard InChI is InChI=1S/C67H42/c1-2-23-44-41(19-1)20-18-36-50(44)63-54-32-9-7-30-52(54)62(53-31-8-10-33-55(53)63)43-22-17-21-42(39-43)58-40-59-64-51-29-6-3-24-45(51)46-25-4-12-35-57(46)66(64)67(65(59)56-34-11-5-26-47(56)58)60-37-15-13-27-48(60)49-28-14-16-38-61(49)67/h2-18,20-40H,1,19H2. The van der Waals surface area contributed by atoms with Gasteiger partial charge in [-0.2, -0.15) is 0 Å². The maximum atomic E-state index is 2.57. The molecule has 0 radical (unpaired) electrons. The van der Waals surface area contributed by atoms with Crippen molar-refractivity contribution in [3.63, 3.8) is 0 Å². The molecule has 1 spiro atoms. The SMILES string of the molecule is C1=Cc2c(cccc2-c2c3ccccc3c(-c3cccc(-c4cc5c(c6ccccc46)C4(c6ccccc6-c6ccccc64)c4c-5c5ccccc5c5ccccc45)c3)c3ccccc23)CC1. The lowest BCUT2D eigenvalue weighted by atomic mass is 9.68. The van der Waals surface area contributed by atoms with Crippen LogP contribution >= 0.6 is 0 Å². The molecule has 0 saturated heterocycles. The molecule has 12 aromatic rings. The zero-order valence-electron chi connectivity index (χ0n) is 36.9. The summed E-state index contributed by atoms with van der Waals surface area (Å²) < 4.78 is 0. The predicted octanol–water partition coefficient (Wildman–Crippen LogP) is 17.8. The highest BCUT2D eigenvalue weighted by atomic mass is 14.5. The normalized spacial score (nSPS) is 13.9. The molecular weight excluding hydrogens is 805 g/mol. The minimum atomic E-state index is -0.519. The molecule has 67 heavy (non-hydrogen) atoms. The van der Waals surface area contributed by atoms with Gasteiger partial charge in [-0.25, -0.2) is 0 Å². The van der Waals surface area contributed by atoms with E-state index in [4.69, 9.17) is 0 Å². The molecule has 0 bridgehead atoms. The van der Waals surface area contributed by atoms with Crippen LogP contribution in [0.2, 0.25) is 0 Å². The number of aryl methyl sites for hydroxylation is 1. The monoisotopic (exact) mass is 846 g/mol. The van der Waals surface area contributed by atoms with E-state index in [0.29, 0.717) is 0 Å². The molecule has 0 nitrogen and oxygen atoms in total. The van der Waals surface area contributed by atoms with Crippen molar-refractivity contribution >= 4 is 59.9 Å². The molecule has 0 unspecified atom stereocenters. The van der Waals surface area contributed by atoms with Gasteiger partial charge in [0.1, 0.15) is 0 Å². The minimum Gasteiger partial charge on any atom is -0.0836 e. The van der Waals surface area contributed by atoms with Crippen LogP contribution in [0.15, 0.2) is 224 Å². The molecule has 0 heterocycles. The van der Waals surface area contributed by atoms with Gasteiger partial charge in [0.25, 0.3) is 0 Å². The second-order valence-corrected chi connectivity index (χ2v) is 18.8. The molecule has 0 saturated carbocycles. The molecule has 0 fully saturated rings. The lowest BCUT2D eigenvalue weighted by molar-refractivity contribution is 0.809. The molecule has 0 amide bonds. The molecular formula is C67H42. The van der Waals surface area contributed by atoms with Crippen molar-refractivity contribution in [2.24, 2.45) is 0 Å². The summed E-state index contributed by atoms with van der Waals surface area (Å²) in [6, 6.07) is 83.1. The maximum Gasteiger partial charge on any atom is 0.0737 e. The number of benzene rings is 12. The molecule has 0 N–H and O–H groups in total. The van der Waals surface area contributed by atoms with Gasteiger partial charge < -0.3 is 0 Å². The summed E-state index contributed by atoms with van der Waals surface area (Å²) in [6.07, 6.45) is 6.87. The Balaban J connectivity index is 1.04. The van der Waals surface area contributed by atoms with E-state index in [-0.39, 0.29) is 0 Å². The Bertz CT molecular complexity index is 4060. The third kappa shape index (κ3) is 4.87. The summed E-state index contributed by atoms with van der Waals surface area (Å²) in [6.45, 7) is 0. The number of rotatable bonds is 3. The fourth-order valence-corrected chi connectivity index (χ4v) is 13.2. The van der Waals surface area contributed by atoms with Crippen molar-refractivity contribution in [2.75, 3.05) is 0 Å². The van der Waals surface area contributed by atoms with E-state index in [1.54, 1.807) is 0 Å². The van der Waals surface area contributed by atoms with E-state index in [9.17, 15) is 0 Å². The highest BCUT2D eigenvalue weighted by Gasteiger charge is 2.54. The van der Waals surface area contributed by atoms with Gasteiger partial charge in [-0.3, -0.25) is 0 Å². The van der Waals surface area contributed by atoms with E-state index < -0.39 is 5.41 Å². The van der Waals surface area contributed by atoms with Gasteiger partial charge in [0.2, 0.25) is 0 Å². The van der Waals surface area contributed by atoms with E-state index in [0.717, 1.165) is 12.8 Å². The Kier molecular flexibility index (Phi) is 7.64. The zero-order valence-corrected chi connectivity index (χ0v) is 36.9. The molecule has 310 valence electrons. The van der Waals surface area contributed by atoms with Crippen LogP contribution in [0.5, 0.6) is 0 Å². The Morgan fingerprint density at radius 1 is 0.299 bits per heavy atom. The topological polar surface area (TPSA) is 0 Å². The molecule has 3 aliphatic rings. The molecule has 15 rings (SSSR count). The van der Waals surface area contributed by atoms with Crippen LogP contribution in [0.3, 0.4) is 0 Å². The van der Waals surface area contributed by atoms with Crippen molar-refractivity contribution < 1.29 is 0 Å². The Morgan fingerprint density at radius 2 is 0.776 bits per heavy atom. The second-order valence-electron chi connectivity index (χ2n) is 18.8. The smallest absolute Gasteiger partial charge is 0.0737 e. The van der Waals surface area contributed by atoms with E-state index in [1.165, 1.54) is 143 Å². The van der Waals surface area contributed by atoms with Gasteiger partial charge in [0.15, 0.2) is 0 Å². The summed E-state index contributed by atoms with van der Waals surface area (Å²) in [7, 11) is 0. The van der Waals surface area contributed by atoms with Crippen molar-refractivity contribution in [3.8, 4) is 55.6 Å². The van der Waals surface area contributed by atoms with Crippen molar-refractivity contribution in [3.05, 3.63) is 258 Å². The molecule has 0 aromatic heterocycles. The first-order chi connectivity index (χ1) is 33.3. The summed E-state index contributed by atoms with van der Waals surface area (Å²) in [4.78, 5) is 0. The van der Waals surface area contributed by atoms with Gasteiger partial charge in [0.05, 0.1) is 5.41 Å². The highest BCUT2D eigenvalue weighted by molar-refractivity contribution is 6.24. The predicted molar refractivity (Wildman–Crippen MR) is 284 cm³/mol. The van der Waals surface area contributed by atoms with Gasteiger partial charge in [-0.05, 0) is 168 Å². The summed E-state index contributed by atoms with van der Waals surface area (Å²) in [5, 5.41) is 12.9. The Hall–Kier alpha value is -8.32. The first-order valence-corrected chi connectivity index (χ1v) is 23.8. The second kappa shape index (κ2) is 13.8. The lowest BCUT2D eigenvalue weighted by Gasteiger charge is -2.33. The molecule has 3 aliphatic carbocycles. The quantitative estimate of drug-likeness (QED) is 0.123. The number of hydrogen-bond acceptors (Lipinski definition) is 0. The third-order valence-corrected chi connectivity index (χ3v) is 15.7. The fourth-order valence-electron chi connectivity index (χ4n) is 13.2. The van der Waals surface area contributed by atoms with Crippen LogP contribution in [-0.4, -0.2) is 0 Å². The van der Waals surface area contributed by atoms with Gasteiger partial charge >= 0.3 is 0 Å². The van der Waals surface area contributed by atoms with E-state index >= 15 is 0 Å². The zero-order chi connectivity index (χ0) is 43.8. The molecule has 0 aliphatic heterocycles. The average Bonchev–Trinajstić information content (AvgIpc) is 3.88. The van der Waals surface area contributed by atoms with Crippen LogP contribution in [-0.2, 0) is 11.8 Å². The van der Waals surface area contributed by atoms with Crippen LogP contribution in [0.4, 0.5) is 0 Å². The number of hydrogen-bond donors (Lipinski definition) is 0. The van der Waals surface area contributed by atoms with E-state index in [2.05, 4.69) is 231 Å². The van der Waals surface area contributed by atoms with Gasteiger partial charge in [-0.1, -0.05) is 218 Å². The minimum absolute atomic E-state index is 0.519. The lowest BCUT2D eigenvalue weighted by Crippen LogP contribution is -2.26. The first kappa shape index (κ1) is 37.0.